The quantitative estimate of drug-likeness (QED) is 0.671. The van der Waals surface area contributed by atoms with Crippen molar-refractivity contribution >= 4 is 11.0 Å². The Balaban J connectivity index is 2.30. The summed E-state index contributed by atoms with van der Waals surface area (Å²) in [6.07, 6.45) is 1.60. The van der Waals surface area contributed by atoms with Crippen LogP contribution >= 0.6 is 0 Å². The lowest BCUT2D eigenvalue weighted by Crippen LogP contribution is -2.15. The van der Waals surface area contributed by atoms with Crippen molar-refractivity contribution in [3.05, 3.63) is 46.7 Å². The average molecular weight is 230 g/mol. The van der Waals surface area contributed by atoms with E-state index in [1.165, 1.54) is 4.57 Å². The molecular formula is C12H10N2O3. The van der Waals surface area contributed by atoms with Crippen molar-refractivity contribution in [2.75, 3.05) is 0 Å². The molecule has 0 saturated heterocycles. The van der Waals surface area contributed by atoms with E-state index in [9.17, 15) is 9.90 Å². The Hall–Kier alpha value is -2.43. The van der Waals surface area contributed by atoms with Crippen LogP contribution in [-0.2, 0) is 0 Å². The highest BCUT2D eigenvalue weighted by atomic mass is 16.3. The number of hydrogen-bond acceptors (Lipinski definition) is 3. The molecule has 0 unspecified atom stereocenters. The van der Waals surface area contributed by atoms with Gasteiger partial charge in [-0.3, -0.25) is 9.55 Å². The second-order valence-corrected chi connectivity index (χ2v) is 3.84. The molecular weight excluding hydrogens is 220 g/mol. The summed E-state index contributed by atoms with van der Waals surface area (Å²) in [5, 5.41) is 10.4. The maximum atomic E-state index is 11.7. The lowest BCUT2D eigenvalue weighted by molar-refractivity contribution is 0.451. The van der Waals surface area contributed by atoms with Crippen molar-refractivity contribution in [2.24, 2.45) is 0 Å². The minimum atomic E-state index is -0.370. The molecule has 0 bridgehead atoms. The van der Waals surface area contributed by atoms with Crippen LogP contribution in [0, 0.1) is 6.92 Å². The van der Waals surface area contributed by atoms with Gasteiger partial charge in [-0.2, -0.15) is 0 Å². The molecule has 1 aromatic carbocycles. The highest BCUT2D eigenvalue weighted by Crippen LogP contribution is 2.21. The van der Waals surface area contributed by atoms with E-state index in [0.717, 1.165) is 5.39 Å². The molecule has 0 aliphatic rings. The fourth-order valence-corrected chi connectivity index (χ4v) is 1.90. The van der Waals surface area contributed by atoms with E-state index < -0.39 is 0 Å². The van der Waals surface area contributed by atoms with Crippen molar-refractivity contribution in [3.63, 3.8) is 0 Å². The third-order valence-corrected chi connectivity index (χ3v) is 2.80. The summed E-state index contributed by atoms with van der Waals surface area (Å²) in [6, 6.07) is 7.28. The Kier molecular flexibility index (Phi) is 1.89. The van der Waals surface area contributed by atoms with Crippen LogP contribution in [0.2, 0.25) is 0 Å². The summed E-state index contributed by atoms with van der Waals surface area (Å²) in [7, 11) is 0. The average Bonchev–Trinajstić information content (AvgIpc) is 2.84. The van der Waals surface area contributed by atoms with Gasteiger partial charge >= 0.3 is 5.69 Å². The van der Waals surface area contributed by atoms with Crippen LogP contribution in [0.3, 0.4) is 0 Å². The molecule has 0 amide bonds. The van der Waals surface area contributed by atoms with Crippen LogP contribution in [0.25, 0.3) is 16.7 Å². The first-order valence-corrected chi connectivity index (χ1v) is 5.15. The molecule has 17 heavy (non-hydrogen) atoms. The molecule has 0 aliphatic carbocycles. The van der Waals surface area contributed by atoms with Crippen LogP contribution < -0.4 is 5.69 Å². The third-order valence-electron chi connectivity index (χ3n) is 2.80. The molecule has 0 aliphatic heterocycles. The number of H-pyrrole nitrogens is 1. The Bertz CT molecular complexity index is 749. The number of nitrogens with zero attached hydrogens (tertiary/aromatic N) is 1. The summed E-state index contributed by atoms with van der Waals surface area (Å²) in [5.41, 5.74) is 1.47. The second kappa shape index (κ2) is 3.28. The van der Waals surface area contributed by atoms with E-state index in [4.69, 9.17) is 4.42 Å². The molecule has 2 heterocycles. The van der Waals surface area contributed by atoms with Crippen LogP contribution in [0.5, 0.6) is 5.88 Å². The Morgan fingerprint density at radius 1 is 1.35 bits per heavy atom. The van der Waals surface area contributed by atoms with Crippen LogP contribution in [0.15, 0.2) is 39.7 Å². The van der Waals surface area contributed by atoms with Crippen LogP contribution in [-0.4, -0.2) is 14.7 Å². The van der Waals surface area contributed by atoms with Gasteiger partial charge in [0.2, 0.25) is 5.88 Å². The predicted octanol–water partition coefficient (Wildman–Crippen LogP) is 1.93. The first-order chi connectivity index (χ1) is 8.16. The normalized spacial score (nSPS) is 11.1. The fourth-order valence-electron chi connectivity index (χ4n) is 1.90. The number of aromatic nitrogens is 2. The Morgan fingerprint density at radius 2 is 2.18 bits per heavy atom. The largest absolute Gasteiger partial charge is 0.493 e. The standard InChI is InChI=1S/C12H10N2O3/c1-7-11(15)13-12(16)14(7)9-3-2-8-4-5-17-10(8)6-9/h2-6,15H,1H3,(H,13,16). The number of hydrogen-bond donors (Lipinski definition) is 2. The molecule has 0 fully saturated rings. The van der Waals surface area contributed by atoms with Gasteiger partial charge in [0.1, 0.15) is 5.58 Å². The number of rotatable bonds is 1. The van der Waals surface area contributed by atoms with Gasteiger partial charge < -0.3 is 9.52 Å². The third kappa shape index (κ3) is 1.36. The van der Waals surface area contributed by atoms with Gasteiger partial charge in [-0.1, -0.05) is 0 Å². The molecule has 0 saturated carbocycles. The first kappa shape index (κ1) is 9.77. The lowest BCUT2D eigenvalue weighted by Gasteiger charge is -2.03. The van der Waals surface area contributed by atoms with Crippen LogP contribution in [0.1, 0.15) is 5.69 Å². The van der Waals surface area contributed by atoms with Gasteiger partial charge in [0.25, 0.3) is 0 Å². The molecule has 3 rings (SSSR count). The number of aromatic amines is 1. The maximum Gasteiger partial charge on any atom is 0.333 e. The zero-order valence-electron chi connectivity index (χ0n) is 9.10. The zero-order chi connectivity index (χ0) is 12.0. The predicted molar refractivity (Wildman–Crippen MR) is 62.6 cm³/mol. The maximum absolute atomic E-state index is 11.7. The number of nitrogens with one attached hydrogen (secondary N) is 1. The van der Waals surface area contributed by atoms with Gasteiger partial charge in [0.05, 0.1) is 17.6 Å². The number of benzene rings is 1. The monoisotopic (exact) mass is 230 g/mol. The number of furan rings is 1. The molecule has 0 spiro atoms. The minimum Gasteiger partial charge on any atom is -0.493 e. The Labute approximate surface area is 95.9 Å². The molecule has 5 heteroatoms. The molecule has 0 atom stereocenters. The topological polar surface area (TPSA) is 71.2 Å². The summed E-state index contributed by atoms with van der Waals surface area (Å²) in [6.45, 7) is 1.67. The summed E-state index contributed by atoms with van der Waals surface area (Å²) in [4.78, 5) is 14.0. The molecule has 86 valence electrons. The smallest absolute Gasteiger partial charge is 0.333 e. The lowest BCUT2D eigenvalue weighted by atomic mass is 10.2. The van der Waals surface area contributed by atoms with Crippen LogP contribution in [0.4, 0.5) is 0 Å². The summed E-state index contributed by atoms with van der Waals surface area (Å²) < 4.78 is 6.68. The van der Waals surface area contributed by atoms with E-state index in [1.54, 1.807) is 25.3 Å². The molecule has 3 aromatic rings. The molecule has 2 aromatic heterocycles. The first-order valence-electron chi connectivity index (χ1n) is 5.15. The van der Waals surface area contributed by atoms with Gasteiger partial charge in [0.15, 0.2) is 0 Å². The number of aromatic hydroxyl groups is 1. The summed E-state index contributed by atoms with van der Waals surface area (Å²) in [5.74, 6) is -0.116. The zero-order valence-corrected chi connectivity index (χ0v) is 9.10. The SMILES string of the molecule is Cc1c(O)[nH]c(=O)n1-c1ccc2ccoc2c1. The van der Waals surface area contributed by atoms with E-state index in [-0.39, 0.29) is 11.6 Å². The molecule has 2 N–H and O–H groups in total. The van der Waals surface area contributed by atoms with E-state index in [2.05, 4.69) is 4.98 Å². The van der Waals surface area contributed by atoms with E-state index in [1.807, 2.05) is 12.1 Å². The molecule has 5 nitrogen and oxygen atoms in total. The Morgan fingerprint density at radius 3 is 2.88 bits per heavy atom. The minimum absolute atomic E-state index is 0.116. The van der Waals surface area contributed by atoms with Crippen molar-refractivity contribution in [1.29, 1.82) is 0 Å². The number of fused-ring (bicyclic) bond motifs is 1. The van der Waals surface area contributed by atoms with Crippen molar-refractivity contribution in [2.45, 2.75) is 6.92 Å². The molecule has 0 radical (unpaired) electrons. The van der Waals surface area contributed by atoms with E-state index >= 15 is 0 Å². The summed E-state index contributed by atoms with van der Waals surface area (Å²) >= 11 is 0. The number of imidazole rings is 1. The van der Waals surface area contributed by atoms with Crippen molar-refractivity contribution < 1.29 is 9.52 Å². The van der Waals surface area contributed by atoms with E-state index in [0.29, 0.717) is 17.0 Å². The van der Waals surface area contributed by atoms with Crippen molar-refractivity contribution in [1.82, 2.24) is 9.55 Å². The second-order valence-electron chi connectivity index (χ2n) is 3.84. The van der Waals surface area contributed by atoms with Crippen molar-refractivity contribution in [3.8, 4) is 11.6 Å². The van der Waals surface area contributed by atoms with Gasteiger partial charge in [-0.25, -0.2) is 4.79 Å². The highest BCUT2D eigenvalue weighted by molar-refractivity contribution is 5.79. The fraction of sp³-hybridized carbons (Fsp3) is 0.0833. The highest BCUT2D eigenvalue weighted by Gasteiger charge is 2.11. The van der Waals surface area contributed by atoms with Gasteiger partial charge in [-0.05, 0) is 25.1 Å². The van der Waals surface area contributed by atoms with Gasteiger partial charge in [-0.15, -0.1) is 0 Å². The van der Waals surface area contributed by atoms with Gasteiger partial charge in [0, 0.05) is 11.5 Å².